The molecule has 5 nitrogen and oxygen atoms in total. The van der Waals surface area contributed by atoms with Crippen LogP contribution in [0.25, 0.3) is 22.7 Å². The summed E-state index contributed by atoms with van der Waals surface area (Å²) < 4.78 is 21.7. The fraction of sp³-hybridized carbons (Fsp3) is 0.440. The van der Waals surface area contributed by atoms with Crippen molar-refractivity contribution in [1.29, 1.82) is 0 Å². The maximum atomic E-state index is 13.5. The van der Waals surface area contributed by atoms with Gasteiger partial charge in [0, 0.05) is 17.6 Å². The molecule has 0 saturated heterocycles. The lowest BCUT2D eigenvalue weighted by Gasteiger charge is -2.22. The molecule has 162 valence electrons. The van der Waals surface area contributed by atoms with E-state index in [-0.39, 0.29) is 17.8 Å². The molecule has 3 aromatic rings. The van der Waals surface area contributed by atoms with Gasteiger partial charge < -0.3 is 14.3 Å². The summed E-state index contributed by atoms with van der Waals surface area (Å²) in [4.78, 5) is 17.4. The molecule has 2 saturated carbocycles. The molecule has 2 aromatic heterocycles. The Morgan fingerprint density at radius 2 is 1.68 bits per heavy atom. The SMILES string of the molecule is O=C(NC1CCCCC1)c1ccc(-c2c(-c3ccc(F)cc3)ncn2C2CCCC2)o1. The highest BCUT2D eigenvalue weighted by atomic mass is 19.1. The van der Waals surface area contributed by atoms with Gasteiger partial charge in [-0.05, 0) is 62.1 Å². The molecule has 0 atom stereocenters. The fourth-order valence-corrected chi connectivity index (χ4v) is 4.97. The van der Waals surface area contributed by atoms with E-state index in [0.717, 1.165) is 55.5 Å². The third-order valence-electron chi connectivity index (χ3n) is 6.63. The number of rotatable bonds is 5. The number of nitrogens with one attached hydrogen (secondary N) is 1. The average Bonchev–Trinajstić information content (AvgIpc) is 3.54. The molecule has 0 bridgehead atoms. The number of furan rings is 1. The fourth-order valence-electron chi connectivity index (χ4n) is 4.97. The van der Waals surface area contributed by atoms with E-state index >= 15 is 0 Å². The summed E-state index contributed by atoms with van der Waals surface area (Å²) in [5.74, 6) is 0.510. The van der Waals surface area contributed by atoms with Crippen molar-refractivity contribution in [3.8, 4) is 22.7 Å². The number of halogens is 1. The van der Waals surface area contributed by atoms with E-state index in [2.05, 4.69) is 14.9 Å². The Hall–Kier alpha value is -2.89. The maximum Gasteiger partial charge on any atom is 0.287 e. The number of imidazole rings is 1. The van der Waals surface area contributed by atoms with Gasteiger partial charge in [-0.1, -0.05) is 32.1 Å². The molecule has 0 radical (unpaired) electrons. The lowest BCUT2D eigenvalue weighted by atomic mass is 9.95. The zero-order valence-corrected chi connectivity index (χ0v) is 17.6. The monoisotopic (exact) mass is 421 g/mol. The Morgan fingerprint density at radius 3 is 2.42 bits per heavy atom. The van der Waals surface area contributed by atoms with Gasteiger partial charge in [0.15, 0.2) is 11.5 Å². The number of nitrogens with zero attached hydrogens (tertiary/aromatic N) is 2. The minimum Gasteiger partial charge on any atom is -0.449 e. The third-order valence-corrected chi connectivity index (χ3v) is 6.63. The zero-order chi connectivity index (χ0) is 21.2. The Bertz CT molecular complexity index is 1040. The predicted octanol–water partition coefficient (Wildman–Crippen LogP) is 6.13. The largest absolute Gasteiger partial charge is 0.449 e. The highest BCUT2D eigenvalue weighted by Gasteiger charge is 2.26. The molecule has 2 fully saturated rings. The minimum absolute atomic E-state index is 0.159. The molecule has 2 heterocycles. The standard InChI is InChI=1S/C25H28FN3O2/c26-18-12-10-17(11-13-18)23-24(29(16-27-23)20-8-4-5-9-20)21-14-15-22(31-21)25(30)28-19-6-2-1-3-7-19/h10-16,19-20H,1-9H2,(H,28,30). The average molecular weight is 422 g/mol. The molecule has 2 aliphatic carbocycles. The van der Waals surface area contributed by atoms with Crippen LogP contribution in [0.5, 0.6) is 0 Å². The number of carbonyl (C=O) groups excluding carboxylic acids is 1. The van der Waals surface area contributed by atoms with E-state index in [4.69, 9.17) is 4.42 Å². The van der Waals surface area contributed by atoms with Crippen molar-refractivity contribution in [2.45, 2.75) is 69.9 Å². The third kappa shape index (κ3) is 4.16. The first-order chi connectivity index (χ1) is 15.2. The van der Waals surface area contributed by atoms with Crippen LogP contribution in [-0.2, 0) is 0 Å². The van der Waals surface area contributed by atoms with Crippen LogP contribution in [0, 0.1) is 5.82 Å². The van der Waals surface area contributed by atoms with Crippen LogP contribution in [0.15, 0.2) is 47.1 Å². The topological polar surface area (TPSA) is 60.1 Å². The number of amides is 1. The smallest absolute Gasteiger partial charge is 0.287 e. The van der Waals surface area contributed by atoms with Crippen LogP contribution >= 0.6 is 0 Å². The molecule has 0 spiro atoms. The van der Waals surface area contributed by atoms with Gasteiger partial charge in [0.2, 0.25) is 0 Å². The van der Waals surface area contributed by atoms with Crippen LogP contribution in [0.4, 0.5) is 4.39 Å². The van der Waals surface area contributed by atoms with Crippen LogP contribution in [0.3, 0.4) is 0 Å². The zero-order valence-electron chi connectivity index (χ0n) is 17.6. The highest BCUT2D eigenvalue weighted by Crippen LogP contribution is 2.39. The molecule has 1 aromatic carbocycles. The molecule has 1 N–H and O–H groups in total. The van der Waals surface area contributed by atoms with Gasteiger partial charge >= 0.3 is 0 Å². The van der Waals surface area contributed by atoms with E-state index in [1.54, 1.807) is 18.2 Å². The molecule has 0 aliphatic heterocycles. The second-order valence-corrected chi connectivity index (χ2v) is 8.77. The van der Waals surface area contributed by atoms with E-state index in [1.165, 1.54) is 31.4 Å². The van der Waals surface area contributed by atoms with Crippen molar-refractivity contribution < 1.29 is 13.6 Å². The van der Waals surface area contributed by atoms with Crippen molar-refractivity contribution in [1.82, 2.24) is 14.9 Å². The van der Waals surface area contributed by atoms with Gasteiger partial charge in [0.1, 0.15) is 11.5 Å². The number of hydrogen-bond acceptors (Lipinski definition) is 3. The highest BCUT2D eigenvalue weighted by molar-refractivity contribution is 5.92. The summed E-state index contributed by atoms with van der Waals surface area (Å²) in [6.07, 6.45) is 12.1. The number of benzene rings is 1. The minimum atomic E-state index is -0.278. The molecule has 1 amide bonds. The van der Waals surface area contributed by atoms with Crippen LogP contribution in [0.1, 0.15) is 74.4 Å². The van der Waals surface area contributed by atoms with Crippen LogP contribution in [0.2, 0.25) is 0 Å². The Kier molecular flexibility index (Phi) is 5.62. The van der Waals surface area contributed by atoms with E-state index in [9.17, 15) is 9.18 Å². The van der Waals surface area contributed by atoms with Crippen molar-refractivity contribution in [2.24, 2.45) is 0 Å². The molecule has 2 aliphatic rings. The maximum absolute atomic E-state index is 13.5. The van der Waals surface area contributed by atoms with E-state index in [0.29, 0.717) is 17.6 Å². The summed E-state index contributed by atoms with van der Waals surface area (Å²) in [7, 11) is 0. The van der Waals surface area contributed by atoms with Gasteiger partial charge in [-0.2, -0.15) is 0 Å². The summed E-state index contributed by atoms with van der Waals surface area (Å²) in [5.41, 5.74) is 2.44. The van der Waals surface area contributed by atoms with Gasteiger partial charge in [-0.15, -0.1) is 0 Å². The Balaban J connectivity index is 1.47. The van der Waals surface area contributed by atoms with Gasteiger partial charge in [0.25, 0.3) is 5.91 Å². The van der Waals surface area contributed by atoms with Crippen molar-refractivity contribution in [2.75, 3.05) is 0 Å². The van der Waals surface area contributed by atoms with Crippen molar-refractivity contribution in [3.63, 3.8) is 0 Å². The van der Waals surface area contributed by atoms with E-state index < -0.39 is 0 Å². The second kappa shape index (κ2) is 8.69. The van der Waals surface area contributed by atoms with Gasteiger partial charge in [-0.3, -0.25) is 4.79 Å². The van der Waals surface area contributed by atoms with Crippen LogP contribution in [-0.4, -0.2) is 21.5 Å². The first kappa shape index (κ1) is 20.0. The van der Waals surface area contributed by atoms with Gasteiger partial charge in [0.05, 0.1) is 12.0 Å². The second-order valence-electron chi connectivity index (χ2n) is 8.77. The normalized spacial score (nSPS) is 17.8. The van der Waals surface area contributed by atoms with Gasteiger partial charge in [-0.25, -0.2) is 9.37 Å². The summed E-state index contributed by atoms with van der Waals surface area (Å²) in [5, 5.41) is 3.12. The number of aromatic nitrogens is 2. The van der Waals surface area contributed by atoms with Crippen LogP contribution < -0.4 is 5.32 Å². The summed E-state index contributed by atoms with van der Waals surface area (Å²) in [6.45, 7) is 0. The first-order valence-corrected chi connectivity index (χ1v) is 11.4. The summed E-state index contributed by atoms with van der Waals surface area (Å²) >= 11 is 0. The lowest BCUT2D eigenvalue weighted by molar-refractivity contribution is 0.0900. The first-order valence-electron chi connectivity index (χ1n) is 11.4. The quantitative estimate of drug-likeness (QED) is 0.539. The Morgan fingerprint density at radius 1 is 0.968 bits per heavy atom. The molecular formula is C25H28FN3O2. The molecular weight excluding hydrogens is 393 g/mol. The molecule has 0 unspecified atom stereocenters. The summed E-state index contributed by atoms with van der Waals surface area (Å²) in [6, 6.07) is 10.5. The molecule has 6 heteroatoms. The van der Waals surface area contributed by atoms with E-state index in [1.807, 2.05) is 12.4 Å². The lowest BCUT2D eigenvalue weighted by Crippen LogP contribution is -2.35. The number of hydrogen-bond donors (Lipinski definition) is 1. The number of carbonyl (C=O) groups is 1. The Labute approximate surface area is 181 Å². The molecule has 31 heavy (non-hydrogen) atoms. The predicted molar refractivity (Wildman–Crippen MR) is 117 cm³/mol. The van der Waals surface area contributed by atoms with Crippen molar-refractivity contribution >= 4 is 5.91 Å². The van der Waals surface area contributed by atoms with Crippen molar-refractivity contribution in [3.05, 3.63) is 54.3 Å². The molecule has 5 rings (SSSR count).